The van der Waals surface area contributed by atoms with Crippen molar-refractivity contribution < 1.29 is 24.1 Å². The maximum Gasteiger partial charge on any atom is 0.508 e. The molecule has 1 saturated heterocycles. The van der Waals surface area contributed by atoms with Crippen molar-refractivity contribution in [2.45, 2.75) is 44.1 Å². The van der Waals surface area contributed by atoms with Gasteiger partial charge in [-0.1, -0.05) is 19.3 Å². The van der Waals surface area contributed by atoms with Gasteiger partial charge in [0.2, 0.25) is 5.28 Å². The second kappa shape index (κ2) is 8.22. The van der Waals surface area contributed by atoms with Crippen LogP contribution >= 0.6 is 11.6 Å². The molecule has 0 amide bonds. The van der Waals surface area contributed by atoms with E-state index in [9.17, 15) is 9.90 Å². The number of anilines is 1. The first-order valence-electron chi connectivity index (χ1n) is 8.83. The number of nitrogens with two attached hydrogens (primary N) is 1. The van der Waals surface area contributed by atoms with Gasteiger partial charge in [-0.25, -0.2) is 9.78 Å². The van der Waals surface area contributed by atoms with Crippen LogP contribution in [0.5, 0.6) is 0 Å². The Kier molecular flexibility index (Phi) is 5.93. The minimum Gasteiger partial charge on any atom is -0.434 e. The fraction of sp³-hybridized carbons (Fsp3) is 0.500. The summed E-state index contributed by atoms with van der Waals surface area (Å²) < 4.78 is 18.0. The summed E-state index contributed by atoms with van der Waals surface area (Å²) in [4.78, 5) is 20.1. The van der Waals surface area contributed by atoms with Crippen molar-refractivity contribution in [1.82, 2.24) is 14.5 Å². The lowest BCUT2D eigenvalue weighted by atomic mass is 9.99. The number of terminal acetylenes is 1. The number of rotatable bonds is 6. The Bertz CT molecular complexity index is 911. The van der Waals surface area contributed by atoms with E-state index in [1.807, 2.05) is 6.92 Å². The smallest absolute Gasteiger partial charge is 0.434 e. The Hall–Kier alpha value is -2.54. The Morgan fingerprint density at radius 2 is 2.39 bits per heavy atom. The van der Waals surface area contributed by atoms with E-state index in [-0.39, 0.29) is 24.1 Å². The predicted molar refractivity (Wildman–Crippen MR) is 101 cm³/mol. The van der Waals surface area contributed by atoms with Crippen LogP contribution < -0.4 is 5.73 Å². The number of aliphatic hydroxyl groups excluding tert-OH is 1. The van der Waals surface area contributed by atoms with E-state index in [1.54, 1.807) is 16.8 Å². The summed E-state index contributed by atoms with van der Waals surface area (Å²) in [7, 11) is 0. The standard InChI is InChI=1S/C18H21ClN4O5/c1-3-5-8-26-17(25)27-12-9-13(28-18(12,4-2)10-24)23-7-6-11-14(20)21-16(19)22-15(11)23/h2,6-7,12-13,24H,3,5,8-10H2,1H3,(H2,20,21,22)/t12-,13+,18+/m0/s1. The number of ether oxygens (including phenoxy) is 3. The van der Waals surface area contributed by atoms with Crippen LogP contribution in [-0.4, -0.2) is 50.7 Å². The van der Waals surface area contributed by atoms with Gasteiger partial charge in [-0.3, -0.25) is 0 Å². The van der Waals surface area contributed by atoms with E-state index in [2.05, 4.69) is 15.9 Å². The molecule has 0 spiro atoms. The average Bonchev–Trinajstić information content (AvgIpc) is 3.24. The number of aromatic nitrogens is 3. The number of halogens is 1. The third kappa shape index (κ3) is 3.71. The predicted octanol–water partition coefficient (Wildman–Crippen LogP) is 2.27. The van der Waals surface area contributed by atoms with Gasteiger partial charge in [0.05, 0.1) is 18.6 Å². The van der Waals surface area contributed by atoms with Crippen LogP contribution in [0.1, 0.15) is 32.4 Å². The van der Waals surface area contributed by atoms with Crippen LogP contribution in [-0.2, 0) is 14.2 Å². The topological polar surface area (TPSA) is 122 Å². The van der Waals surface area contributed by atoms with Crippen molar-refractivity contribution in [3.05, 3.63) is 17.5 Å². The van der Waals surface area contributed by atoms with Crippen molar-refractivity contribution >= 4 is 34.6 Å². The summed E-state index contributed by atoms with van der Waals surface area (Å²) in [6.07, 6.45) is 6.63. The molecule has 1 aliphatic rings. The molecule has 3 N–H and O–H groups in total. The Morgan fingerprint density at radius 1 is 1.61 bits per heavy atom. The van der Waals surface area contributed by atoms with Crippen molar-refractivity contribution in [2.75, 3.05) is 18.9 Å². The maximum atomic E-state index is 12.0. The number of hydrogen-bond acceptors (Lipinski definition) is 8. The molecule has 0 bridgehead atoms. The SMILES string of the molecule is C#C[C@]1(CO)O[C@@H](n2ccc3c(N)nc(Cl)nc32)C[C@@H]1OC(=O)OCCCC. The Balaban J connectivity index is 1.85. The molecule has 3 rings (SSSR count). The fourth-order valence-electron chi connectivity index (χ4n) is 3.08. The van der Waals surface area contributed by atoms with Gasteiger partial charge in [-0.2, -0.15) is 4.98 Å². The molecule has 0 saturated carbocycles. The molecular formula is C18H21ClN4O5. The summed E-state index contributed by atoms with van der Waals surface area (Å²) in [6.45, 7) is 1.68. The lowest BCUT2D eigenvalue weighted by molar-refractivity contribution is -0.0975. The fourth-order valence-corrected chi connectivity index (χ4v) is 3.25. The Morgan fingerprint density at radius 3 is 3.07 bits per heavy atom. The first-order valence-corrected chi connectivity index (χ1v) is 9.21. The summed E-state index contributed by atoms with van der Waals surface area (Å²) in [5.74, 6) is 2.64. The van der Waals surface area contributed by atoms with Crippen LogP contribution in [0.15, 0.2) is 12.3 Å². The molecule has 3 atom stereocenters. The molecule has 10 heteroatoms. The number of aliphatic hydroxyl groups is 1. The molecule has 9 nitrogen and oxygen atoms in total. The van der Waals surface area contributed by atoms with Crippen molar-refractivity contribution in [2.24, 2.45) is 0 Å². The minimum atomic E-state index is -1.51. The van der Waals surface area contributed by atoms with E-state index < -0.39 is 30.7 Å². The summed E-state index contributed by atoms with van der Waals surface area (Å²) >= 11 is 5.91. The highest BCUT2D eigenvalue weighted by Gasteiger charge is 2.51. The molecule has 28 heavy (non-hydrogen) atoms. The zero-order valence-electron chi connectivity index (χ0n) is 15.3. The molecule has 150 valence electrons. The molecule has 1 fully saturated rings. The van der Waals surface area contributed by atoms with Crippen LogP contribution in [0.25, 0.3) is 11.0 Å². The van der Waals surface area contributed by atoms with E-state index in [4.69, 9.17) is 38.0 Å². The first kappa shape index (κ1) is 20.2. The third-order valence-electron chi connectivity index (χ3n) is 4.60. The summed E-state index contributed by atoms with van der Waals surface area (Å²) in [5.41, 5.74) is 4.81. The molecule has 0 radical (unpaired) electrons. The molecule has 0 unspecified atom stereocenters. The van der Waals surface area contributed by atoms with Crippen LogP contribution in [0.3, 0.4) is 0 Å². The number of carbonyl (C=O) groups is 1. The number of hydrogen-bond donors (Lipinski definition) is 2. The molecule has 1 aliphatic heterocycles. The monoisotopic (exact) mass is 408 g/mol. The second-order valence-electron chi connectivity index (χ2n) is 6.40. The van der Waals surface area contributed by atoms with Crippen molar-refractivity contribution in [3.63, 3.8) is 0 Å². The molecule has 2 aromatic heterocycles. The highest BCUT2D eigenvalue weighted by molar-refractivity contribution is 6.28. The molecule has 0 aromatic carbocycles. The van der Waals surface area contributed by atoms with Gasteiger partial charge in [0, 0.05) is 12.6 Å². The normalized spacial score (nSPS) is 24.2. The van der Waals surface area contributed by atoms with Crippen molar-refractivity contribution in [3.8, 4) is 12.3 Å². The number of nitrogen functional groups attached to an aromatic ring is 1. The van der Waals surface area contributed by atoms with Crippen LogP contribution in [0, 0.1) is 12.3 Å². The van der Waals surface area contributed by atoms with E-state index in [0.29, 0.717) is 11.0 Å². The first-order chi connectivity index (χ1) is 13.4. The Labute approximate surface area is 166 Å². The zero-order valence-corrected chi connectivity index (χ0v) is 16.1. The van der Waals surface area contributed by atoms with Crippen LogP contribution in [0.4, 0.5) is 10.6 Å². The maximum absolute atomic E-state index is 12.0. The van der Waals surface area contributed by atoms with E-state index >= 15 is 0 Å². The quantitative estimate of drug-likeness (QED) is 0.323. The molecule has 0 aliphatic carbocycles. The van der Waals surface area contributed by atoms with Gasteiger partial charge in [0.25, 0.3) is 0 Å². The van der Waals surface area contributed by atoms with Gasteiger partial charge in [-0.15, -0.1) is 6.42 Å². The number of fused-ring (bicyclic) bond motifs is 1. The summed E-state index contributed by atoms with van der Waals surface area (Å²) in [5, 5.41) is 10.4. The lowest BCUT2D eigenvalue weighted by Gasteiger charge is -2.26. The average molecular weight is 409 g/mol. The largest absolute Gasteiger partial charge is 0.508 e. The van der Waals surface area contributed by atoms with E-state index in [0.717, 1.165) is 12.8 Å². The van der Waals surface area contributed by atoms with Gasteiger partial charge < -0.3 is 29.6 Å². The van der Waals surface area contributed by atoms with Crippen molar-refractivity contribution in [1.29, 1.82) is 0 Å². The second-order valence-corrected chi connectivity index (χ2v) is 6.73. The van der Waals surface area contributed by atoms with Gasteiger partial charge in [-0.05, 0) is 24.1 Å². The molecule has 3 heterocycles. The third-order valence-corrected chi connectivity index (χ3v) is 4.77. The summed E-state index contributed by atoms with van der Waals surface area (Å²) in [6, 6.07) is 1.72. The molecular weight excluding hydrogens is 388 g/mol. The lowest BCUT2D eigenvalue weighted by Crippen LogP contribution is -2.44. The zero-order chi connectivity index (χ0) is 20.3. The molecule has 2 aromatic rings. The van der Waals surface area contributed by atoms with E-state index in [1.165, 1.54) is 0 Å². The highest BCUT2D eigenvalue weighted by atomic mass is 35.5. The minimum absolute atomic E-state index is 0.0133. The van der Waals surface area contributed by atoms with Gasteiger partial charge in [0.15, 0.2) is 11.7 Å². The number of nitrogens with zero attached hydrogens (tertiary/aromatic N) is 3. The van der Waals surface area contributed by atoms with Crippen LogP contribution in [0.2, 0.25) is 5.28 Å². The number of unbranched alkanes of at least 4 members (excludes halogenated alkanes) is 1. The highest BCUT2D eigenvalue weighted by Crippen LogP contribution is 2.40. The van der Waals surface area contributed by atoms with Gasteiger partial charge >= 0.3 is 6.16 Å². The van der Waals surface area contributed by atoms with Gasteiger partial charge in [0.1, 0.15) is 17.7 Å². The number of carbonyl (C=O) groups excluding carboxylic acids is 1.